The molecule has 1 heterocycles. The van der Waals surface area contributed by atoms with E-state index in [1.54, 1.807) is 19.1 Å². The first-order chi connectivity index (χ1) is 13.6. The van der Waals surface area contributed by atoms with Crippen LogP contribution in [0, 0.1) is 5.92 Å². The fraction of sp³-hybridized carbons (Fsp3) is 0.636. The van der Waals surface area contributed by atoms with Gasteiger partial charge in [0.15, 0.2) is 0 Å². The van der Waals surface area contributed by atoms with Gasteiger partial charge in [0, 0.05) is 38.8 Å². The number of nitrogens with zero attached hydrogens (tertiary/aromatic N) is 2. The third-order valence-corrected chi connectivity index (χ3v) is 6.05. The van der Waals surface area contributed by atoms with Crippen molar-refractivity contribution in [2.75, 3.05) is 33.8 Å². The Hall–Kier alpha value is -2.08. The SMILES string of the molecule is COc1ccccc1CN(C)C(=O)C[C@H]1C(=O)NCCN1CC1CCCCC1. The van der Waals surface area contributed by atoms with E-state index < -0.39 is 0 Å². The second kappa shape index (κ2) is 9.92. The second-order valence-corrected chi connectivity index (χ2v) is 8.07. The van der Waals surface area contributed by atoms with Crippen molar-refractivity contribution in [3.8, 4) is 5.75 Å². The standard InChI is InChI=1S/C22H33N3O3/c1-24(16-18-10-6-7-11-20(18)28-2)21(26)14-19-22(27)23-12-13-25(19)15-17-8-4-3-5-9-17/h6-7,10-11,17,19H,3-5,8-9,12-16H2,1-2H3,(H,23,27)/t19-/m0/s1. The van der Waals surface area contributed by atoms with Gasteiger partial charge in [0.2, 0.25) is 11.8 Å². The van der Waals surface area contributed by atoms with E-state index in [2.05, 4.69) is 10.2 Å². The lowest BCUT2D eigenvalue weighted by Crippen LogP contribution is -2.57. The summed E-state index contributed by atoms with van der Waals surface area (Å²) in [6.45, 7) is 2.91. The minimum absolute atomic E-state index is 0.0124. The number of ether oxygens (including phenoxy) is 1. The van der Waals surface area contributed by atoms with Crippen LogP contribution >= 0.6 is 0 Å². The van der Waals surface area contributed by atoms with E-state index >= 15 is 0 Å². The van der Waals surface area contributed by atoms with Gasteiger partial charge in [-0.2, -0.15) is 0 Å². The van der Waals surface area contributed by atoms with Gasteiger partial charge < -0.3 is 15.0 Å². The van der Waals surface area contributed by atoms with Crippen LogP contribution in [0.25, 0.3) is 0 Å². The van der Waals surface area contributed by atoms with Gasteiger partial charge >= 0.3 is 0 Å². The van der Waals surface area contributed by atoms with E-state index in [0.717, 1.165) is 24.4 Å². The molecule has 6 nitrogen and oxygen atoms in total. The molecule has 2 amide bonds. The average molecular weight is 388 g/mol. The zero-order valence-electron chi connectivity index (χ0n) is 17.2. The Morgan fingerprint density at radius 3 is 2.75 bits per heavy atom. The number of hydrogen-bond donors (Lipinski definition) is 1. The molecule has 0 spiro atoms. The van der Waals surface area contributed by atoms with Crippen molar-refractivity contribution in [3.05, 3.63) is 29.8 Å². The molecule has 3 rings (SSSR count). The van der Waals surface area contributed by atoms with Crippen LogP contribution in [0.4, 0.5) is 0 Å². The van der Waals surface area contributed by atoms with Gasteiger partial charge in [-0.1, -0.05) is 37.5 Å². The van der Waals surface area contributed by atoms with E-state index in [9.17, 15) is 9.59 Å². The number of hydrogen-bond acceptors (Lipinski definition) is 4. The van der Waals surface area contributed by atoms with Crippen LogP contribution in [-0.4, -0.2) is 61.4 Å². The lowest BCUT2D eigenvalue weighted by Gasteiger charge is -2.38. The lowest BCUT2D eigenvalue weighted by atomic mass is 9.88. The summed E-state index contributed by atoms with van der Waals surface area (Å²) in [7, 11) is 3.43. The summed E-state index contributed by atoms with van der Waals surface area (Å²) < 4.78 is 5.38. The van der Waals surface area contributed by atoms with Crippen molar-refractivity contribution >= 4 is 11.8 Å². The molecule has 6 heteroatoms. The van der Waals surface area contributed by atoms with Crippen molar-refractivity contribution < 1.29 is 14.3 Å². The Bertz CT molecular complexity index is 673. The number of carbonyl (C=O) groups is 2. The number of nitrogens with one attached hydrogen (secondary N) is 1. The molecular formula is C22H33N3O3. The predicted molar refractivity (Wildman–Crippen MR) is 109 cm³/mol. The topological polar surface area (TPSA) is 61.9 Å². The van der Waals surface area contributed by atoms with Gasteiger partial charge in [-0.15, -0.1) is 0 Å². The number of carbonyl (C=O) groups excluding carboxylic acids is 2. The highest BCUT2D eigenvalue weighted by atomic mass is 16.5. The van der Waals surface area contributed by atoms with E-state index in [-0.39, 0.29) is 24.3 Å². The van der Waals surface area contributed by atoms with Crippen molar-refractivity contribution in [3.63, 3.8) is 0 Å². The number of benzene rings is 1. The van der Waals surface area contributed by atoms with E-state index in [1.807, 2.05) is 24.3 Å². The smallest absolute Gasteiger partial charge is 0.237 e. The maximum Gasteiger partial charge on any atom is 0.237 e. The molecule has 0 radical (unpaired) electrons. The van der Waals surface area contributed by atoms with Gasteiger partial charge in [0.1, 0.15) is 5.75 Å². The van der Waals surface area contributed by atoms with Crippen LogP contribution in [0.3, 0.4) is 0 Å². The molecule has 1 saturated carbocycles. The Morgan fingerprint density at radius 2 is 2.00 bits per heavy atom. The van der Waals surface area contributed by atoms with Crippen LogP contribution in [-0.2, 0) is 16.1 Å². The minimum atomic E-state index is -0.358. The molecule has 1 aromatic rings. The number of rotatable bonds is 7. The normalized spacial score (nSPS) is 21.2. The van der Waals surface area contributed by atoms with E-state index in [1.165, 1.54) is 32.1 Å². The van der Waals surface area contributed by atoms with Crippen molar-refractivity contribution in [1.29, 1.82) is 0 Å². The van der Waals surface area contributed by atoms with Crippen LogP contribution < -0.4 is 10.1 Å². The first-order valence-corrected chi connectivity index (χ1v) is 10.5. The summed E-state index contributed by atoms with van der Waals surface area (Å²) in [5.41, 5.74) is 0.966. The van der Waals surface area contributed by atoms with E-state index in [0.29, 0.717) is 19.0 Å². The maximum atomic E-state index is 12.9. The van der Waals surface area contributed by atoms with Gasteiger partial charge in [0.05, 0.1) is 19.6 Å². The zero-order valence-corrected chi connectivity index (χ0v) is 17.2. The van der Waals surface area contributed by atoms with Gasteiger partial charge in [-0.25, -0.2) is 0 Å². The lowest BCUT2D eigenvalue weighted by molar-refractivity contribution is -0.138. The number of amides is 2. The Labute approximate surface area is 168 Å². The summed E-state index contributed by atoms with van der Waals surface area (Å²) in [5, 5.41) is 2.94. The molecule has 2 aliphatic rings. The summed E-state index contributed by atoms with van der Waals surface area (Å²) in [6, 6.07) is 7.36. The number of methoxy groups -OCH3 is 1. The molecule has 1 atom stereocenters. The first kappa shape index (κ1) is 20.6. The molecule has 1 aliphatic heterocycles. The molecule has 2 fully saturated rings. The average Bonchev–Trinajstić information content (AvgIpc) is 2.71. The summed E-state index contributed by atoms with van der Waals surface area (Å²) in [5.74, 6) is 1.41. The molecule has 1 aromatic carbocycles. The molecular weight excluding hydrogens is 354 g/mol. The monoisotopic (exact) mass is 387 g/mol. The van der Waals surface area contributed by atoms with Crippen LogP contribution in [0.15, 0.2) is 24.3 Å². The van der Waals surface area contributed by atoms with Gasteiger partial charge in [0.25, 0.3) is 0 Å². The molecule has 154 valence electrons. The molecule has 1 N–H and O–H groups in total. The third kappa shape index (κ3) is 5.25. The molecule has 1 saturated heterocycles. The van der Waals surface area contributed by atoms with Crippen molar-refractivity contribution in [2.45, 2.75) is 51.1 Å². The highest BCUT2D eigenvalue weighted by Gasteiger charge is 2.33. The van der Waals surface area contributed by atoms with Crippen molar-refractivity contribution in [1.82, 2.24) is 15.1 Å². The maximum absolute atomic E-state index is 12.9. The number of piperazine rings is 1. The second-order valence-electron chi connectivity index (χ2n) is 8.07. The highest BCUT2D eigenvalue weighted by molar-refractivity contribution is 5.88. The fourth-order valence-corrected chi connectivity index (χ4v) is 4.40. The molecule has 0 bridgehead atoms. The Morgan fingerprint density at radius 1 is 1.25 bits per heavy atom. The molecule has 0 unspecified atom stereocenters. The molecule has 0 aromatic heterocycles. The minimum Gasteiger partial charge on any atom is -0.496 e. The van der Waals surface area contributed by atoms with Gasteiger partial charge in [-0.05, 0) is 24.8 Å². The van der Waals surface area contributed by atoms with Crippen LogP contribution in [0.2, 0.25) is 0 Å². The van der Waals surface area contributed by atoms with Crippen LogP contribution in [0.1, 0.15) is 44.1 Å². The number of para-hydroxylation sites is 1. The quantitative estimate of drug-likeness (QED) is 0.781. The summed E-state index contributed by atoms with van der Waals surface area (Å²) in [6.07, 6.45) is 6.61. The Kier molecular flexibility index (Phi) is 7.31. The zero-order chi connectivity index (χ0) is 19.9. The molecule has 1 aliphatic carbocycles. The summed E-state index contributed by atoms with van der Waals surface area (Å²) in [4.78, 5) is 29.3. The van der Waals surface area contributed by atoms with Crippen molar-refractivity contribution in [2.24, 2.45) is 5.92 Å². The largest absolute Gasteiger partial charge is 0.496 e. The Balaban J connectivity index is 1.61. The van der Waals surface area contributed by atoms with Gasteiger partial charge in [-0.3, -0.25) is 14.5 Å². The summed E-state index contributed by atoms with van der Waals surface area (Å²) >= 11 is 0. The predicted octanol–water partition coefficient (Wildman–Crippen LogP) is 2.42. The first-order valence-electron chi connectivity index (χ1n) is 10.5. The fourth-order valence-electron chi connectivity index (χ4n) is 4.40. The molecule has 28 heavy (non-hydrogen) atoms. The third-order valence-electron chi connectivity index (χ3n) is 6.05. The van der Waals surface area contributed by atoms with E-state index in [4.69, 9.17) is 4.74 Å². The van der Waals surface area contributed by atoms with Crippen LogP contribution in [0.5, 0.6) is 5.75 Å². The highest BCUT2D eigenvalue weighted by Crippen LogP contribution is 2.26.